The number of phenols is 2. The van der Waals surface area contributed by atoms with E-state index in [0.717, 1.165) is 0 Å². The first-order valence-corrected chi connectivity index (χ1v) is 8.12. The van der Waals surface area contributed by atoms with E-state index < -0.39 is 17.1 Å². The molecule has 0 saturated heterocycles. The van der Waals surface area contributed by atoms with E-state index in [1.54, 1.807) is 19.9 Å². The van der Waals surface area contributed by atoms with E-state index in [1.165, 1.54) is 19.2 Å². The molecule has 7 nitrogen and oxygen atoms in total. The number of fused-ring (bicyclic) bond motifs is 3. The van der Waals surface area contributed by atoms with E-state index in [-0.39, 0.29) is 39.2 Å². The lowest BCUT2D eigenvalue weighted by molar-refractivity contribution is -0.0235. The number of hydrogen-bond donors (Lipinski definition) is 3. The number of rotatable bonds is 2. The molecule has 1 atom stereocenters. The third-order valence-electron chi connectivity index (χ3n) is 4.72. The summed E-state index contributed by atoms with van der Waals surface area (Å²) in [5, 5.41) is 30.4. The van der Waals surface area contributed by atoms with Crippen LogP contribution in [-0.2, 0) is 6.42 Å². The Hall–Kier alpha value is -2.93. The summed E-state index contributed by atoms with van der Waals surface area (Å²) in [6, 6.07) is 4.10. The van der Waals surface area contributed by atoms with Crippen molar-refractivity contribution in [3.8, 4) is 23.0 Å². The maximum Gasteiger partial charge on any atom is 0.205 e. The van der Waals surface area contributed by atoms with Crippen LogP contribution in [0.15, 0.2) is 27.4 Å². The van der Waals surface area contributed by atoms with Gasteiger partial charge < -0.3 is 29.2 Å². The van der Waals surface area contributed by atoms with Gasteiger partial charge >= 0.3 is 0 Å². The largest absolute Gasteiger partial charge is 0.507 e. The molecule has 0 bridgehead atoms. The maximum absolute atomic E-state index is 12.9. The van der Waals surface area contributed by atoms with E-state index >= 15 is 0 Å². The molecule has 3 aromatic rings. The summed E-state index contributed by atoms with van der Waals surface area (Å²) >= 11 is 0. The summed E-state index contributed by atoms with van der Waals surface area (Å²) in [6.07, 6.45) is -0.108. The Labute approximate surface area is 148 Å². The molecule has 0 spiro atoms. The molecule has 4 rings (SSSR count). The molecule has 7 heteroatoms. The maximum atomic E-state index is 12.9. The van der Waals surface area contributed by atoms with Crippen LogP contribution in [0.25, 0.3) is 21.9 Å². The quantitative estimate of drug-likeness (QED) is 0.477. The second kappa shape index (κ2) is 5.28. The number of ether oxygens (including phenoxy) is 2. The van der Waals surface area contributed by atoms with Gasteiger partial charge in [-0.25, -0.2) is 0 Å². The van der Waals surface area contributed by atoms with E-state index in [9.17, 15) is 20.1 Å². The predicted octanol–water partition coefficient (Wildman–Crippen LogP) is 2.44. The topological polar surface area (TPSA) is 109 Å². The minimum Gasteiger partial charge on any atom is -0.507 e. The Balaban J connectivity index is 2.10. The van der Waals surface area contributed by atoms with Gasteiger partial charge in [0.15, 0.2) is 22.7 Å². The summed E-state index contributed by atoms with van der Waals surface area (Å²) in [5.74, 6) is 0.0634. The Morgan fingerprint density at radius 3 is 2.54 bits per heavy atom. The first-order valence-electron chi connectivity index (χ1n) is 8.12. The summed E-state index contributed by atoms with van der Waals surface area (Å²) in [4.78, 5) is 12.9. The number of hydrogen-bond acceptors (Lipinski definition) is 7. The summed E-state index contributed by atoms with van der Waals surface area (Å²) in [6.45, 7) is 3.28. The van der Waals surface area contributed by atoms with Crippen molar-refractivity contribution in [1.29, 1.82) is 0 Å². The predicted molar refractivity (Wildman–Crippen MR) is 94.3 cm³/mol. The van der Waals surface area contributed by atoms with Crippen LogP contribution in [-0.4, -0.2) is 34.1 Å². The first kappa shape index (κ1) is 16.5. The third kappa shape index (κ3) is 2.20. The van der Waals surface area contributed by atoms with Crippen molar-refractivity contribution >= 4 is 21.9 Å². The highest BCUT2D eigenvalue weighted by Crippen LogP contribution is 2.46. The van der Waals surface area contributed by atoms with E-state index in [2.05, 4.69) is 0 Å². The zero-order valence-electron chi connectivity index (χ0n) is 14.5. The SMILES string of the molecule is COc1c2c(cc3c(=O)c4c(O)ccc(O)c4oc13)C[C@H](C(C)(C)O)O2. The molecule has 0 aliphatic carbocycles. The molecule has 0 fully saturated rings. The van der Waals surface area contributed by atoms with Crippen LogP contribution in [0, 0.1) is 0 Å². The van der Waals surface area contributed by atoms with Crippen LogP contribution in [0.4, 0.5) is 0 Å². The minimum absolute atomic E-state index is 0.0996. The van der Waals surface area contributed by atoms with Gasteiger partial charge in [0.05, 0.1) is 18.1 Å². The average Bonchev–Trinajstić information content (AvgIpc) is 3.01. The molecule has 26 heavy (non-hydrogen) atoms. The number of methoxy groups -OCH3 is 1. The van der Waals surface area contributed by atoms with Crippen LogP contribution in [0.3, 0.4) is 0 Å². The van der Waals surface area contributed by atoms with Crippen molar-refractivity contribution in [2.45, 2.75) is 32.0 Å². The van der Waals surface area contributed by atoms with Crippen LogP contribution in [0.5, 0.6) is 23.0 Å². The Morgan fingerprint density at radius 2 is 1.88 bits per heavy atom. The van der Waals surface area contributed by atoms with Crippen molar-refractivity contribution in [3.63, 3.8) is 0 Å². The Kier molecular flexibility index (Phi) is 3.36. The molecular weight excluding hydrogens is 340 g/mol. The van der Waals surface area contributed by atoms with Crippen molar-refractivity contribution < 1.29 is 29.2 Å². The normalized spacial score (nSPS) is 16.7. The number of phenolic OH excluding ortho intramolecular Hbond substituents is 2. The van der Waals surface area contributed by atoms with E-state index in [0.29, 0.717) is 17.7 Å². The lowest BCUT2D eigenvalue weighted by Gasteiger charge is -2.24. The Morgan fingerprint density at radius 1 is 1.19 bits per heavy atom. The van der Waals surface area contributed by atoms with E-state index in [1.807, 2.05) is 0 Å². The molecule has 0 radical (unpaired) electrons. The average molecular weight is 358 g/mol. The highest BCUT2D eigenvalue weighted by atomic mass is 16.5. The van der Waals surface area contributed by atoms with Crippen molar-refractivity contribution in [2.24, 2.45) is 0 Å². The minimum atomic E-state index is -1.09. The van der Waals surface area contributed by atoms with Gasteiger partial charge in [-0.05, 0) is 32.0 Å². The zero-order chi connectivity index (χ0) is 18.8. The lowest BCUT2D eigenvalue weighted by Crippen LogP contribution is -2.39. The first-order chi connectivity index (χ1) is 12.2. The number of aromatic hydroxyl groups is 2. The second-order valence-corrected chi connectivity index (χ2v) is 6.98. The molecule has 1 aromatic heterocycles. The van der Waals surface area contributed by atoms with Crippen molar-refractivity contribution in [2.75, 3.05) is 7.11 Å². The van der Waals surface area contributed by atoms with Gasteiger partial charge in [0, 0.05) is 12.0 Å². The highest BCUT2D eigenvalue weighted by Gasteiger charge is 2.38. The summed E-state index contributed by atoms with van der Waals surface area (Å²) in [5.41, 5.74) is -0.886. The van der Waals surface area contributed by atoms with Crippen molar-refractivity contribution in [3.05, 3.63) is 34.0 Å². The Bertz CT molecular complexity index is 1110. The molecule has 0 amide bonds. The molecule has 2 aromatic carbocycles. The van der Waals surface area contributed by atoms with Gasteiger partial charge in [-0.1, -0.05) is 0 Å². The van der Waals surface area contributed by atoms with E-state index in [4.69, 9.17) is 13.9 Å². The third-order valence-corrected chi connectivity index (χ3v) is 4.72. The molecule has 3 N–H and O–H groups in total. The van der Waals surface area contributed by atoms with Crippen LogP contribution < -0.4 is 14.9 Å². The fourth-order valence-electron chi connectivity index (χ4n) is 3.31. The van der Waals surface area contributed by atoms with Gasteiger partial charge in [-0.2, -0.15) is 0 Å². The van der Waals surface area contributed by atoms with Crippen LogP contribution in [0.1, 0.15) is 19.4 Å². The highest BCUT2D eigenvalue weighted by molar-refractivity contribution is 5.98. The smallest absolute Gasteiger partial charge is 0.205 e. The standard InChI is InChI=1S/C19H18O7/c1-19(2,23)12-7-8-6-9-14(22)13-10(20)4-5-11(21)17(13)26-16(9)18(24-3)15(8)25-12/h4-6,12,20-21,23H,7H2,1-3H3/t12-/m1/s1. The molecule has 0 unspecified atom stereocenters. The fraction of sp³-hybridized carbons (Fsp3) is 0.316. The van der Waals surface area contributed by atoms with Gasteiger partial charge in [0.2, 0.25) is 11.2 Å². The van der Waals surface area contributed by atoms with Crippen molar-refractivity contribution in [1.82, 2.24) is 0 Å². The number of benzene rings is 2. The number of aliphatic hydroxyl groups is 1. The zero-order valence-corrected chi connectivity index (χ0v) is 14.5. The molecule has 1 aliphatic rings. The molecule has 2 heterocycles. The van der Waals surface area contributed by atoms with Gasteiger partial charge in [0.1, 0.15) is 17.2 Å². The lowest BCUT2D eigenvalue weighted by atomic mass is 9.96. The summed E-state index contributed by atoms with van der Waals surface area (Å²) in [7, 11) is 1.42. The molecule has 1 aliphatic heterocycles. The fourth-order valence-corrected chi connectivity index (χ4v) is 3.31. The van der Waals surface area contributed by atoms with Gasteiger partial charge in [-0.15, -0.1) is 0 Å². The summed E-state index contributed by atoms with van der Waals surface area (Å²) < 4.78 is 17.0. The molecule has 0 saturated carbocycles. The van der Waals surface area contributed by atoms with Crippen LogP contribution in [0.2, 0.25) is 0 Å². The molecule has 136 valence electrons. The van der Waals surface area contributed by atoms with Crippen LogP contribution >= 0.6 is 0 Å². The monoisotopic (exact) mass is 358 g/mol. The van der Waals surface area contributed by atoms with Gasteiger partial charge in [0.25, 0.3) is 0 Å². The van der Waals surface area contributed by atoms with Gasteiger partial charge in [-0.3, -0.25) is 4.79 Å². The molecular formula is C19H18O7. The second-order valence-electron chi connectivity index (χ2n) is 6.98.